The molecule has 41 heavy (non-hydrogen) atoms. The Bertz CT molecular complexity index is 1560. The summed E-state index contributed by atoms with van der Waals surface area (Å²) in [7, 11) is 0. The van der Waals surface area contributed by atoms with Crippen LogP contribution in [-0.4, -0.2) is 28.4 Å². The van der Waals surface area contributed by atoms with Crippen molar-refractivity contribution in [3.63, 3.8) is 0 Å². The number of carbonyl (C=O) groups is 2. The minimum Gasteiger partial charge on any atom is -0.507 e. The minimum atomic E-state index is -0.913. The number of ether oxygens (including phenoxy) is 2. The van der Waals surface area contributed by atoms with Crippen molar-refractivity contribution >= 4 is 23.1 Å². The summed E-state index contributed by atoms with van der Waals surface area (Å²) in [6, 6.07) is 26.4. The lowest BCUT2D eigenvalue weighted by atomic mass is 9.97. The average molecular weight is 549 g/mol. The molecule has 1 N–H and O–H groups in total. The van der Waals surface area contributed by atoms with Crippen LogP contribution in [0.5, 0.6) is 11.5 Å². The fourth-order valence-electron chi connectivity index (χ4n) is 4.73. The van der Waals surface area contributed by atoms with Crippen molar-refractivity contribution in [2.45, 2.75) is 33.4 Å². The second kappa shape index (κ2) is 12.1. The molecular formula is C34H32N2O5. The number of benzene rings is 3. The molecule has 0 saturated carbocycles. The van der Waals surface area contributed by atoms with E-state index in [0.29, 0.717) is 47.6 Å². The summed E-state index contributed by atoms with van der Waals surface area (Å²) in [5.41, 5.74) is 3.20. The molecule has 1 aliphatic rings. The van der Waals surface area contributed by atoms with E-state index in [4.69, 9.17) is 9.47 Å². The Morgan fingerprint density at radius 1 is 0.927 bits per heavy atom. The first-order chi connectivity index (χ1) is 19.8. The molecule has 7 nitrogen and oxygen atoms in total. The molecule has 2 heterocycles. The van der Waals surface area contributed by atoms with Crippen molar-refractivity contribution in [1.29, 1.82) is 0 Å². The van der Waals surface area contributed by atoms with Crippen molar-refractivity contribution in [3.8, 4) is 11.5 Å². The van der Waals surface area contributed by atoms with Gasteiger partial charge in [-0.1, -0.05) is 50.2 Å². The van der Waals surface area contributed by atoms with Crippen LogP contribution in [0, 0.1) is 12.8 Å². The van der Waals surface area contributed by atoms with Crippen molar-refractivity contribution in [2.24, 2.45) is 5.92 Å². The number of amides is 1. The van der Waals surface area contributed by atoms with E-state index in [9.17, 15) is 14.7 Å². The predicted molar refractivity (Wildman–Crippen MR) is 158 cm³/mol. The van der Waals surface area contributed by atoms with Crippen LogP contribution in [0.4, 0.5) is 5.69 Å². The third kappa shape index (κ3) is 5.99. The number of aliphatic hydroxyl groups is 1. The first-order valence-corrected chi connectivity index (χ1v) is 13.6. The molecule has 5 rings (SSSR count). The second-order valence-electron chi connectivity index (χ2n) is 10.4. The van der Waals surface area contributed by atoms with E-state index >= 15 is 0 Å². The van der Waals surface area contributed by atoms with Crippen molar-refractivity contribution < 1.29 is 24.2 Å². The molecule has 1 saturated heterocycles. The van der Waals surface area contributed by atoms with Crippen LogP contribution in [-0.2, 0) is 16.2 Å². The summed E-state index contributed by atoms with van der Waals surface area (Å²) in [6.45, 7) is 6.98. The Balaban J connectivity index is 1.49. The molecule has 0 spiro atoms. The van der Waals surface area contributed by atoms with Gasteiger partial charge in [0, 0.05) is 17.4 Å². The quantitative estimate of drug-likeness (QED) is 0.143. The van der Waals surface area contributed by atoms with Crippen LogP contribution in [0.25, 0.3) is 5.76 Å². The summed E-state index contributed by atoms with van der Waals surface area (Å²) in [4.78, 5) is 32.7. The van der Waals surface area contributed by atoms with Crippen LogP contribution in [0.3, 0.4) is 0 Å². The van der Waals surface area contributed by atoms with Gasteiger partial charge in [-0.25, -0.2) is 0 Å². The lowest BCUT2D eigenvalue weighted by Crippen LogP contribution is -2.29. The van der Waals surface area contributed by atoms with Crippen LogP contribution in [0.15, 0.2) is 103 Å². The number of pyridine rings is 1. The number of anilines is 1. The molecule has 0 radical (unpaired) electrons. The number of aliphatic hydroxyl groups excluding tert-OH is 1. The van der Waals surface area contributed by atoms with Crippen molar-refractivity contribution in [1.82, 2.24) is 4.98 Å². The third-order valence-corrected chi connectivity index (χ3v) is 6.80. The van der Waals surface area contributed by atoms with Crippen LogP contribution in [0.2, 0.25) is 0 Å². The minimum absolute atomic E-state index is 0.0200. The molecule has 1 unspecified atom stereocenters. The molecule has 1 atom stereocenters. The topological polar surface area (TPSA) is 89.0 Å². The smallest absolute Gasteiger partial charge is 0.300 e. The zero-order valence-electron chi connectivity index (χ0n) is 23.3. The van der Waals surface area contributed by atoms with Crippen molar-refractivity contribution in [3.05, 3.63) is 125 Å². The number of aromatic nitrogens is 1. The largest absolute Gasteiger partial charge is 0.507 e. The van der Waals surface area contributed by atoms with Crippen LogP contribution < -0.4 is 14.4 Å². The van der Waals surface area contributed by atoms with Gasteiger partial charge in [0.05, 0.1) is 17.9 Å². The van der Waals surface area contributed by atoms with E-state index in [2.05, 4.69) is 18.8 Å². The van der Waals surface area contributed by atoms with E-state index in [1.165, 1.54) is 4.90 Å². The molecule has 0 bridgehead atoms. The first-order valence-electron chi connectivity index (χ1n) is 13.6. The molecular weight excluding hydrogens is 516 g/mol. The highest BCUT2D eigenvalue weighted by Crippen LogP contribution is 2.42. The molecule has 1 aliphatic heterocycles. The van der Waals surface area contributed by atoms with Crippen molar-refractivity contribution in [2.75, 3.05) is 11.5 Å². The van der Waals surface area contributed by atoms with Gasteiger partial charge in [-0.2, -0.15) is 0 Å². The Morgan fingerprint density at radius 3 is 2.32 bits per heavy atom. The van der Waals surface area contributed by atoms with E-state index in [1.54, 1.807) is 66.9 Å². The molecule has 1 amide bonds. The normalized spacial score (nSPS) is 16.3. The van der Waals surface area contributed by atoms with Crippen LogP contribution >= 0.6 is 0 Å². The number of hydrogen-bond donors (Lipinski definition) is 1. The van der Waals surface area contributed by atoms with E-state index < -0.39 is 17.7 Å². The van der Waals surface area contributed by atoms with Gasteiger partial charge in [0.1, 0.15) is 29.9 Å². The standard InChI is InChI=1S/C34H32N2O5/c1-22(2)20-41-29-17-12-25(19-23(29)3)32(37)30-31(28-11-7-8-18-35-28)36(34(39)33(30)38)26-13-15-27(16-14-26)40-21-24-9-5-4-6-10-24/h4-19,22,31,37H,20-21H2,1-3H3/b32-30-. The molecule has 208 valence electrons. The zero-order chi connectivity index (χ0) is 28.9. The lowest BCUT2D eigenvalue weighted by molar-refractivity contribution is -0.132. The number of aryl methyl sites for hydroxylation is 1. The number of nitrogens with zero attached hydrogens (tertiary/aromatic N) is 2. The van der Waals surface area contributed by atoms with Gasteiger partial charge >= 0.3 is 0 Å². The predicted octanol–water partition coefficient (Wildman–Crippen LogP) is 6.63. The number of carbonyl (C=O) groups excluding carboxylic acids is 2. The van der Waals surface area contributed by atoms with Gasteiger partial charge < -0.3 is 14.6 Å². The van der Waals surface area contributed by atoms with Gasteiger partial charge in [0.15, 0.2) is 0 Å². The van der Waals surface area contributed by atoms with E-state index in [0.717, 1.165) is 11.1 Å². The Hall–Kier alpha value is -4.91. The fraction of sp³-hybridized carbons (Fsp3) is 0.206. The summed E-state index contributed by atoms with van der Waals surface area (Å²) in [6.07, 6.45) is 1.60. The maximum absolute atomic E-state index is 13.5. The summed E-state index contributed by atoms with van der Waals surface area (Å²) < 4.78 is 11.8. The molecule has 4 aromatic rings. The van der Waals surface area contributed by atoms with Gasteiger partial charge in [-0.3, -0.25) is 19.5 Å². The lowest BCUT2D eigenvalue weighted by Gasteiger charge is -2.24. The van der Waals surface area contributed by atoms with E-state index in [-0.39, 0.29) is 11.3 Å². The highest BCUT2D eigenvalue weighted by molar-refractivity contribution is 6.51. The van der Waals surface area contributed by atoms with E-state index in [1.807, 2.05) is 37.3 Å². The SMILES string of the molecule is Cc1cc(/C(O)=C2/C(=O)C(=O)N(c3ccc(OCc4ccccc4)cc3)C2c2ccccn2)ccc1OCC(C)C. The Morgan fingerprint density at radius 2 is 1.66 bits per heavy atom. The molecule has 1 fully saturated rings. The monoisotopic (exact) mass is 548 g/mol. The molecule has 0 aliphatic carbocycles. The summed E-state index contributed by atoms with van der Waals surface area (Å²) in [5, 5.41) is 11.5. The fourth-order valence-corrected chi connectivity index (χ4v) is 4.73. The number of Topliss-reactive ketones (excluding diaryl/α,β-unsaturated/α-hetero) is 1. The van der Waals surface area contributed by atoms with Gasteiger partial charge in [-0.05, 0) is 78.6 Å². The second-order valence-corrected chi connectivity index (χ2v) is 10.4. The Kier molecular flexibility index (Phi) is 8.15. The van der Waals surface area contributed by atoms with Crippen LogP contribution in [0.1, 0.15) is 42.3 Å². The number of hydrogen-bond acceptors (Lipinski definition) is 6. The zero-order valence-corrected chi connectivity index (χ0v) is 23.3. The van der Waals surface area contributed by atoms with Gasteiger partial charge in [0.25, 0.3) is 11.7 Å². The third-order valence-electron chi connectivity index (χ3n) is 6.80. The maximum Gasteiger partial charge on any atom is 0.300 e. The maximum atomic E-state index is 13.5. The number of ketones is 1. The first kappa shape index (κ1) is 27.6. The van der Waals surface area contributed by atoms with Gasteiger partial charge in [0.2, 0.25) is 0 Å². The highest BCUT2D eigenvalue weighted by atomic mass is 16.5. The summed E-state index contributed by atoms with van der Waals surface area (Å²) in [5.74, 6) is -0.0939. The molecule has 3 aromatic carbocycles. The number of rotatable bonds is 9. The highest BCUT2D eigenvalue weighted by Gasteiger charge is 2.47. The Labute approximate surface area is 239 Å². The summed E-state index contributed by atoms with van der Waals surface area (Å²) >= 11 is 0. The van der Waals surface area contributed by atoms with Gasteiger partial charge in [-0.15, -0.1) is 0 Å². The average Bonchev–Trinajstić information content (AvgIpc) is 3.26. The molecule has 7 heteroatoms. The molecule has 1 aromatic heterocycles.